The van der Waals surface area contributed by atoms with E-state index in [0.717, 1.165) is 6.20 Å². The van der Waals surface area contributed by atoms with Gasteiger partial charge in [-0.25, -0.2) is 0 Å². The monoisotopic (exact) mass is 545 g/mol. The minimum absolute atomic E-state index is 0.0815. The van der Waals surface area contributed by atoms with E-state index in [0.29, 0.717) is 42.7 Å². The zero-order valence-corrected chi connectivity index (χ0v) is 20.8. The van der Waals surface area contributed by atoms with Gasteiger partial charge in [0.15, 0.2) is 0 Å². The predicted octanol–water partition coefficient (Wildman–Crippen LogP) is 4.12. The van der Waals surface area contributed by atoms with Crippen LogP contribution in [0.2, 0.25) is 0 Å². The van der Waals surface area contributed by atoms with Gasteiger partial charge in [-0.2, -0.15) is 13.2 Å². The summed E-state index contributed by atoms with van der Waals surface area (Å²) in [6.07, 6.45) is -2.13. The Morgan fingerprint density at radius 3 is 2.15 bits per heavy atom. The Labute approximate surface area is 222 Å². The summed E-state index contributed by atoms with van der Waals surface area (Å²) in [5.74, 6) is -2.24. The molecule has 0 bridgehead atoms. The third kappa shape index (κ3) is 8.87. The van der Waals surface area contributed by atoms with E-state index >= 15 is 0 Å². The molecule has 0 radical (unpaired) electrons. The van der Waals surface area contributed by atoms with Gasteiger partial charge < -0.3 is 31.2 Å². The number of carboxylic acid groups (broad SMARTS) is 1. The smallest absolute Gasteiger partial charge is 0.395 e. The fraction of sp³-hybridized carbons (Fsp3) is 0.333. The van der Waals surface area contributed by atoms with Crippen LogP contribution in [-0.4, -0.2) is 54.0 Å². The van der Waals surface area contributed by atoms with Gasteiger partial charge in [-0.05, 0) is 62.1 Å². The van der Waals surface area contributed by atoms with Crippen LogP contribution in [0.15, 0.2) is 66.4 Å². The van der Waals surface area contributed by atoms with E-state index in [1.165, 1.54) is 0 Å². The van der Waals surface area contributed by atoms with Crippen molar-refractivity contribution in [1.29, 1.82) is 0 Å². The first-order chi connectivity index (χ1) is 18.5. The van der Waals surface area contributed by atoms with E-state index in [2.05, 4.69) is 16.0 Å². The second-order valence-electron chi connectivity index (χ2n) is 8.88. The van der Waals surface area contributed by atoms with Crippen LogP contribution in [-0.2, 0) is 9.59 Å². The standard InChI is InChI=1S/C27H28F3N4O5/c28-27(29,30)23(31)22(16-34-19-4-2-1-3-5-19)25(36)33-15-14-32-24(35)17-6-10-20(11-7-17)39-21-12-8-18(9-13-21)26(37)38/h1-7,10-11,16,18,21,34H,8-9,12-15H2,(H,32,35)(H,33,36)(H,37,38)/q-1/b22-16+. The van der Waals surface area contributed by atoms with Crippen molar-refractivity contribution in [2.24, 2.45) is 5.92 Å². The Morgan fingerprint density at radius 1 is 0.949 bits per heavy atom. The molecule has 0 spiro atoms. The van der Waals surface area contributed by atoms with Crippen LogP contribution in [0.1, 0.15) is 36.0 Å². The molecule has 0 aromatic heterocycles. The van der Waals surface area contributed by atoms with Crippen molar-refractivity contribution in [3.8, 4) is 5.75 Å². The number of carboxylic acids is 1. The molecule has 2 aromatic carbocycles. The van der Waals surface area contributed by atoms with Crippen molar-refractivity contribution in [3.63, 3.8) is 0 Å². The molecule has 1 aliphatic rings. The van der Waals surface area contributed by atoms with Gasteiger partial charge in [-0.15, -0.1) is 0 Å². The second kappa shape index (κ2) is 13.4. The maximum absolute atomic E-state index is 13.0. The zero-order chi connectivity index (χ0) is 28.4. The number of rotatable bonds is 11. The number of nitrogens with zero attached hydrogens (tertiary/aromatic N) is 1. The highest BCUT2D eigenvalue weighted by molar-refractivity contribution is 6.25. The molecule has 2 amide bonds. The van der Waals surface area contributed by atoms with Crippen LogP contribution in [0, 0.1) is 5.92 Å². The first-order valence-electron chi connectivity index (χ1n) is 12.3. The van der Waals surface area contributed by atoms with E-state index in [1.54, 1.807) is 54.6 Å². The molecule has 39 heavy (non-hydrogen) atoms. The molecule has 9 nitrogen and oxygen atoms in total. The summed E-state index contributed by atoms with van der Waals surface area (Å²) < 4.78 is 45.0. The first-order valence-corrected chi connectivity index (χ1v) is 12.3. The average molecular weight is 546 g/mol. The third-order valence-corrected chi connectivity index (χ3v) is 6.06. The number of carbonyl (C=O) groups is 3. The summed E-state index contributed by atoms with van der Waals surface area (Å²) >= 11 is 0. The van der Waals surface area contributed by atoms with Crippen molar-refractivity contribution in [1.82, 2.24) is 10.6 Å². The Bertz CT molecular complexity index is 1190. The van der Waals surface area contributed by atoms with E-state index < -0.39 is 35.2 Å². The summed E-state index contributed by atoms with van der Waals surface area (Å²) in [6.45, 7) is -0.277. The predicted molar refractivity (Wildman–Crippen MR) is 138 cm³/mol. The lowest BCUT2D eigenvalue weighted by atomic mass is 9.87. The number of alkyl halides is 3. The number of ether oxygens (including phenoxy) is 1. The molecule has 2 aromatic rings. The molecule has 0 aliphatic heterocycles. The fourth-order valence-corrected chi connectivity index (χ4v) is 3.94. The number of carbonyl (C=O) groups excluding carboxylic acids is 2. The molecular weight excluding hydrogens is 517 g/mol. The number of aliphatic carboxylic acids is 1. The molecule has 0 heterocycles. The van der Waals surface area contributed by atoms with Gasteiger partial charge in [-0.3, -0.25) is 14.4 Å². The maximum Gasteiger partial charge on any atom is 0.395 e. The van der Waals surface area contributed by atoms with Crippen LogP contribution in [0.25, 0.3) is 5.41 Å². The number of hydrogen-bond donors (Lipinski definition) is 4. The fourth-order valence-electron chi connectivity index (χ4n) is 3.94. The van der Waals surface area contributed by atoms with E-state index in [9.17, 15) is 33.0 Å². The Morgan fingerprint density at radius 2 is 1.56 bits per heavy atom. The number of halogens is 3. The number of para-hydroxylation sites is 1. The zero-order valence-electron chi connectivity index (χ0n) is 20.8. The van der Waals surface area contributed by atoms with E-state index in [-0.39, 0.29) is 25.1 Å². The minimum Gasteiger partial charge on any atom is -0.800 e. The van der Waals surface area contributed by atoms with Gasteiger partial charge in [0.25, 0.3) is 11.8 Å². The van der Waals surface area contributed by atoms with Crippen LogP contribution >= 0.6 is 0 Å². The molecule has 1 fully saturated rings. The Kier molecular flexibility index (Phi) is 10.1. The molecule has 1 aliphatic carbocycles. The molecule has 1 saturated carbocycles. The second-order valence-corrected chi connectivity index (χ2v) is 8.88. The highest BCUT2D eigenvalue weighted by Crippen LogP contribution is 2.28. The van der Waals surface area contributed by atoms with Crippen molar-refractivity contribution < 1.29 is 37.4 Å². The van der Waals surface area contributed by atoms with Crippen LogP contribution in [0.3, 0.4) is 0 Å². The minimum atomic E-state index is -5.14. The Hall–Kier alpha value is -4.35. The summed E-state index contributed by atoms with van der Waals surface area (Å²) in [4.78, 5) is 35.8. The van der Waals surface area contributed by atoms with Crippen molar-refractivity contribution in [2.75, 3.05) is 18.4 Å². The van der Waals surface area contributed by atoms with Crippen molar-refractivity contribution in [2.45, 2.75) is 38.0 Å². The van der Waals surface area contributed by atoms with Crippen molar-refractivity contribution in [3.05, 3.63) is 77.3 Å². The first kappa shape index (κ1) is 29.2. The van der Waals surface area contributed by atoms with Crippen LogP contribution in [0.4, 0.5) is 18.9 Å². The molecule has 12 heteroatoms. The number of benzene rings is 2. The summed E-state index contributed by atoms with van der Waals surface area (Å²) in [5, 5.41) is 26.0. The number of hydrogen-bond acceptors (Lipinski definition) is 5. The Balaban J connectivity index is 1.47. The molecule has 4 N–H and O–H groups in total. The van der Waals surface area contributed by atoms with E-state index in [1.807, 2.05) is 0 Å². The molecular formula is C27H28F3N4O5-. The van der Waals surface area contributed by atoms with Crippen molar-refractivity contribution >= 4 is 29.2 Å². The van der Waals surface area contributed by atoms with Gasteiger partial charge in [0.2, 0.25) is 0 Å². The van der Waals surface area contributed by atoms with E-state index in [4.69, 9.17) is 9.84 Å². The number of amides is 2. The lowest BCUT2D eigenvalue weighted by Gasteiger charge is -2.26. The SMILES string of the molecule is [N-]=C(/C(=C\Nc1ccccc1)C(=O)NCCNC(=O)c1ccc(OC2CCC(C(=O)O)CC2)cc1)C(F)(F)F. The van der Waals surface area contributed by atoms with Gasteiger partial charge in [-0.1, -0.05) is 23.9 Å². The topological polar surface area (TPSA) is 139 Å². The highest BCUT2D eigenvalue weighted by Gasteiger charge is 2.32. The van der Waals surface area contributed by atoms with Gasteiger partial charge in [0, 0.05) is 36.1 Å². The third-order valence-electron chi connectivity index (χ3n) is 6.06. The summed E-state index contributed by atoms with van der Waals surface area (Å²) in [7, 11) is 0. The van der Waals surface area contributed by atoms with Gasteiger partial charge >= 0.3 is 12.1 Å². The lowest BCUT2D eigenvalue weighted by Crippen LogP contribution is -2.38. The van der Waals surface area contributed by atoms with Crippen LogP contribution in [0.5, 0.6) is 5.75 Å². The molecule has 3 rings (SSSR count). The molecule has 0 atom stereocenters. The van der Waals surface area contributed by atoms with Gasteiger partial charge in [0.05, 0.1) is 12.0 Å². The number of anilines is 1. The molecule has 0 unspecified atom stereocenters. The van der Waals surface area contributed by atoms with Crippen LogP contribution < -0.4 is 20.7 Å². The molecule has 0 saturated heterocycles. The summed E-state index contributed by atoms with van der Waals surface area (Å²) in [5.41, 5.74) is -2.35. The molecule has 208 valence electrons. The van der Waals surface area contributed by atoms with Gasteiger partial charge in [0.1, 0.15) is 5.75 Å². The lowest BCUT2D eigenvalue weighted by molar-refractivity contribution is -0.143. The highest BCUT2D eigenvalue weighted by atomic mass is 19.4. The largest absolute Gasteiger partial charge is 0.800 e. The quantitative estimate of drug-likeness (QED) is 0.190. The number of nitrogens with one attached hydrogen (secondary N) is 3. The normalized spacial score (nSPS) is 17.6. The average Bonchev–Trinajstić information content (AvgIpc) is 2.91. The summed E-state index contributed by atoms with van der Waals surface area (Å²) in [6, 6.07) is 14.4. The maximum atomic E-state index is 13.0.